The Balaban J connectivity index is 0.00000189. The lowest BCUT2D eigenvalue weighted by Crippen LogP contribution is -2.34. The third kappa shape index (κ3) is 12.7. The summed E-state index contributed by atoms with van der Waals surface area (Å²) in [4.78, 5) is 2.34. The van der Waals surface area contributed by atoms with Crippen LogP contribution in [0.15, 0.2) is 36.5 Å². The lowest BCUT2D eigenvalue weighted by atomic mass is 9.97. The number of nitrogens with zero attached hydrogens (tertiary/aromatic N) is 1. The normalized spacial score (nSPS) is 15.0. The van der Waals surface area contributed by atoms with Crippen molar-refractivity contribution in [3.8, 4) is 5.75 Å². The molecular formula is C27H50NO4P. The summed E-state index contributed by atoms with van der Waals surface area (Å²) in [6.07, 6.45) is 3.89. The Morgan fingerprint density at radius 1 is 1.12 bits per heavy atom. The van der Waals surface area contributed by atoms with Crippen molar-refractivity contribution in [2.24, 2.45) is 5.92 Å². The van der Waals surface area contributed by atoms with Gasteiger partial charge in [-0.1, -0.05) is 59.8 Å². The van der Waals surface area contributed by atoms with Crippen LogP contribution in [0, 0.1) is 5.92 Å². The minimum absolute atomic E-state index is 0.0614. The molecular weight excluding hydrogens is 433 g/mol. The van der Waals surface area contributed by atoms with E-state index in [-0.39, 0.29) is 5.92 Å². The molecule has 0 aliphatic carbocycles. The molecule has 33 heavy (non-hydrogen) atoms. The smallest absolute Gasteiger partial charge is 0.331 e. The van der Waals surface area contributed by atoms with E-state index in [1.807, 2.05) is 45.9 Å². The van der Waals surface area contributed by atoms with Gasteiger partial charge in [0.1, 0.15) is 5.75 Å². The molecule has 1 aliphatic rings. The zero-order valence-electron chi connectivity index (χ0n) is 22.6. The standard InChI is InChI=1S/C22H36NO4P.C3H8.C2H6/c1-6-26-28(24,27-7-2)17-19(5)21-9-8-10-22(15-21)25-16-20-11-13-23(14-12-20)18(3)4;1-3-2;1-2/h8-10,15,19-20H,3,6-7,11-14,16-17H2,1-2,4-5H3;3H2,1-2H3;1-2H3. The van der Waals surface area contributed by atoms with Crippen LogP contribution in [0.4, 0.5) is 0 Å². The first kappa shape index (κ1) is 31.7. The first-order valence-electron chi connectivity index (χ1n) is 12.8. The van der Waals surface area contributed by atoms with E-state index in [0.29, 0.717) is 25.3 Å². The number of allylic oxidation sites excluding steroid dienone is 1. The van der Waals surface area contributed by atoms with E-state index in [2.05, 4.69) is 45.2 Å². The van der Waals surface area contributed by atoms with Crippen LogP contribution >= 0.6 is 7.60 Å². The van der Waals surface area contributed by atoms with Crippen LogP contribution in [0.3, 0.4) is 0 Å². The van der Waals surface area contributed by atoms with E-state index in [1.54, 1.807) is 0 Å². The molecule has 2 rings (SSSR count). The van der Waals surface area contributed by atoms with Gasteiger partial charge in [0.25, 0.3) is 0 Å². The van der Waals surface area contributed by atoms with Gasteiger partial charge in [-0.15, -0.1) is 0 Å². The number of hydrogen-bond donors (Lipinski definition) is 0. The molecule has 5 nitrogen and oxygen atoms in total. The van der Waals surface area contributed by atoms with Crippen LogP contribution in [0.5, 0.6) is 5.75 Å². The number of likely N-dealkylation sites (tertiary alicyclic amines) is 1. The minimum Gasteiger partial charge on any atom is -0.493 e. The van der Waals surface area contributed by atoms with Gasteiger partial charge in [-0.3, -0.25) is 4.57 Å². The molecule has 0 bridgehead atoms. The summed E-state index contributed by atoms with van der Waals surface area (Å²) in [6, 6.07) is 8.09. The first-order chi connectivity index (χ1) is 15.8. The Labute approximate surface area is 204 Å². The maximum absolute atomic E-state index is 12.8. The van der Waals surface area contributed by atoms with E-state index >= 15 is 0 Å². The maximum atomic E-state index is 12.8. The molecule has 0 aromatic heterocycles. The molecule has 0 amide bonds. The first-order valence-corrected chi connectivity index (χ1v) is 14.5. The van der Waals surface area contributed by atoms with Crippen molar-refractivity contribution in [1.29, 1.82) is 0 Å². The molecule has 1 aromatic carbocycles. The van der Waals surface area contributed by atoms with Gasteiger partial charge >= 0.3 is 7.60 Å². The monoisotopic (exact) mass is 483 g/mol. The van der Waals surface area contributed by atoms with Crippen molar-refractivity contribution in [2.45, 2.75) is 80.6 Å². The Hall–Kier alpha value is -1.29. The largest absolute Gasteiger partial charge is 0.493 e. The quantitative estimate of drug-likeness (QED) is 0.297. The van der Waals surface area contributed by atoms with Crippen LogP contribution in [0.2, 0.25) is 0 Å². The van der Waals surface area contributed by atoms with Crippen molar-refractivity contribution in [1.82, 2.24) is 4.90 Å². The Morgan fingerprint density at radius 3 is 2.15 bits per heavy atom. The summed E-state index contributed by atoms with van der Waals surface area (Å²) in [5.74, 6) is 1.51. The van der Waals surface area contributed by atoms with Gasteiger partial charge in [-0.2, -0.15) is 0 Å². The third-order valence-corrected chi connectivity index (χ3v) is 7.51. The van der Waals surface area contributed by atoms with E-state index in [4.69, 9.17) is 13.8 Å². The molecule has 0 radical (unpaired) electrons. The van der Waals surface area contributed by atoms with Gasteiger partial charge in [0.05, 0.1) is 26.0 Å². The molecule has 1 aliphatic heterocycles. The number of piperidine rings is 1. The molecule has 1 heterocycles. The summed E-state index contributed by atoms with van der Waals surface area (Å²) in [6.45, 7) is 23.7. The second kappa shape index (κ2) is 18.1. The fourth-order valence-electron chi connectivity index (χ4n) is 3.58. The van der Waals surface area contributed by atoms with Gasteiger partial charge < -0.3 is 18.7 Å². The van der Waals surface area contributed by atoms with Crippen LogP contribution in [0.25, 0.3) is 0 Å². The number of hydrogen-bond acceptors (Lipinski definition) is 5. The maximum Gasteiger partial charge on any atom is 0.331 e. The lowest BCUT2D eigenvalue weighted by molar-refractivity contribution is 0.164. The van der Waals surface area contributed by atoms with Crippen LogP contribution in [0.1, 0.15) is 86.1 Å². The highest BCUT2D eigenvalue weighted by atomic mass is 31.2. The van der Waals surface area contributed by atoms with E-state index in [1.165, 1.54) is 6.42 Å². The molecule has 1 unspecified atom stereocenters. The van der Waals surface area contributed by atoms with Crippen molar-refractivity contribution < 1.29 is 18.3 Å². The Morgan fingerprint density at radius 2 is 1.67 bits per heavy atom. The van der Waals surface area contributed by atoms with Gasteiger partial charge in [-0.05, 0) is 63.1 Å². The highest BCUT2D eigenvalue weighted by Crippen LogP contribution is 2.51. The molecule has 1 saturated heterocycles. The van der Waals surface area contributed by atoms with Crippen LogP contribution < -0.4 is 4.74 Å². The summed E-state index contributed by atoms with van der Waals surface area (Å²) >= 11 is 0. The van der Waals surface area contributed by atoms with Gasteiger partial charge in [0.2, 0.25) is 0 Å². The molecule has 1 aromatic rings. The zero-order chi connectivity index (χ0) is 25.3. The van der Waals surface area contributed by atoms with Crippen LogP contribution in [-0.2, 0) is 13.6 Å². The Bertz CT molecular complexity index is 676. The van der Waals surface area contributed by atoms with Crippen LogP contribution in [-0.4, -0.2) is 44.0 Å². The van der Waals surface area contributed by atoms with Crippen molar-refractivity contribution in [3.63, 3.8) is 0 Å². The van der Waals surface area contributed by atoms with Gasteiger partial charge in [0, 0.05) is 18.8 Å². The average molecular weight is 484 g/mol. The number of benzene rings is 1. The van der Waals surface area contributed by atoms with E-state index < -0.39 is 7.60 Å². The molecule has 1 atom stereocenters. The summed E-state index contributed by atoms with van der Waals surface area (Å²) < 4.78 is 29.8. The minimum atomic E-state index is -3.06. The summed E-state index contributed by atoms with van der Waals surface area (Å²) in [7, 11) is -3.06. The summed E-state index contributed by atoms with van der Waals surface area (Å²) in [5, 5.41) is 0. The molecule has 6 heteroatoms. The summed E-state index contributed by atoms with van der Waals surface area (Å²) in [5.41, 5.74) is 2.24. The Kier molecular flexibility index (Phi) is 17.4. The predicted octanol–water partition coefficient (Wildman–Crippen LogP) is 8.12. The van der Waals surface area contributed by atoms with Gasteiger partial charge in [-0.25, -0.2) is 0 Å². The van der Waals surface area contributed by atoms with E-state index in [0.717, 1.165) is 49.5 Å². The zero-order valence-corrected chi connectivity index (χ0v) is 23.5. The fraction of sp³-hybridized carbons (Fsp3) is 0.704. The highest BCUT2D eigenvalue weighted by molar-refractivity contribution is 7.53. The molecule has 0 spiro atoms. The molecule has 0 saturated carbocycles. The molecule has 1 fully saturated rings. The topological polar surface area (TPSA) is 48.0 Å². The number of ether oxygens (including phenoxy) is 1. The van der Waals surface area contributed by atoms with Crippen molar-refractivity contribution >= 4 is 7.60 Å². The van der Waals surface area contributed by atoms with Crippen molar-refractivity contribution in [3.05, 3.63) is 42.1 Å². The third-order valence-electron chi connectivity index (χ3n) is 5.22. The average Bonchev–Trinajstić information content (AvgIpc) is 2.80. The van der Waals surface area contributed by atoms with Gasteiger partial charge in [0.15, 0.2) is 0 Å². The molecule has 0 N–H and O–H groups in total. The SMILES string of the molecule is C=C(C)N1CCC(COc2cccc(C(C)CP(=O)(OCC)OCC)c2)CC1.CC.CCC. The lowest BCUT2D eigenvalue weighted by Gasteiger charge is -2.33. The van der Waals surface area contributed by atoms with E-state index in [9.17, 15) is 4.57 Å². The predicted molar refractivity (Wildman–Crippen MR) is 143 cm³/mol. The highest BCUT2D eigenvalue weighted by Gasteiger charge is 2.27. The van der Waals surface area contributed by atoms with Crippen molar-refractivity contribution in [2.75, 3.05) is 39.1 Å². The second-order valence-electron chi connectivity index (χ2n) is 8.29. The second-order valence-corrected chi connectivity index (χ2v) is 10.4. The fourth-order valence-corrected chi connectivity index (χ4v) is 5.54. The number of rotatable bonds is 11. The molecule has 192 valence electrons.